The minimum atomic E-state index is -0.190. The van der Waals surface area contributed by atoms with Crippen molar-refractivity contribution >= 4 is 0 Å². The number of aliphatic hydroxyl groups is 1. The van der Waals surface area contributed by atoms with Gasteiger partial charge in [0.15, 0.2) is 0 Å². The van der Waals surface area contributed by atoms with Gasteiger partial charge in [0.2, 0.25) is 0 Å². The summed E-state index contributed by atoms with van der Waals surface area (Å²) in [5, 5.41) is 12.8. The number of nitrogens with one attached hydrogen (secondary N) is 1. The van der Waals surface area contributed by atoms with Crippen molar-refractivity contribution in [2.45, 2.75) is 25.8 Å². The maximum atomic E-state index is 12.8. The third-order valence-electron chi connectivity index (χ3n) is 3.76. The van der Waals surface area contributed by atoms with Crippen LogP contribution in [0.15, 0.2) is 24.3 Å². The highest BCUT2D eigenvalue weighted by molar-refractivity contribution is 5.16. The quantitative estimate of drug-likeness (QED) is 0.791. The number of ether oxygens (including phenoxy) is 1. The average Bonchev–Trinajstić information content (AvgIpc) is 2.37. The van der Waals surface area contributed by atoms with Crippen LogP contribution in [-0.2, 0) is 11.2 Å². The fourth-order valence-corrected chi connectivity index (χ4v) is 2.17. The predicted molar refractivity (Wildman–Crippen MR) is 72.5 cm³/mol. The summed E-state index contributed by atoms with van der Waals surface area (Å²) in [6.07, 6.45) is 1.92. The molecule has 1 fully saturated rings. The summed E-state index contributed by atoms with van der Waals surface area (Å²) in [6, 6.07) is 7.03. The molecule has 0 amide bonds. The second-order valence-electron chi connectivity index (χ2n) is 5.60. The van der Waals surface area contributed by atoms with Crippen molar-refractivity contribution in [3.05, 3.63) is 35.6 Å². The number of benzene rings is 1. The number of hydrogen-bond donors (Lipinski definition) is 2. The Kier molecular flexibility index (Phi) is 4.91. The number of aryl methyl sites for hydroxylation is 1. The Bertz CT molecular complexity index is 384. The lowest BCUT2D eigenvalue weighted by Gasteiger charge is -2.40. The van der Waals surface area contributed by atoms with Gasteiger partial charge >= 0.3 is 0 Å². The van der Waals surface area contributed by atoms with Crippen LogP contribution in [-0.4, -0.2) is 37.5 Å². The summed E-state index contributed by atoms with van der Waals surface area (Å²) in [5.74, 6) is -0.190. The summed E-state index contributed by atoms with van der Waals surface area (Å²) in [7, 11) is 0. The lowest BCUT2D eigenvalue weighted by Crippen LogP contribution is -2.53. The molecule has 1 atom stereocenters. The predicted octanol–water partition coefficient (Wildman–Crippen LogP) is 1.75. The highest BCUT2D eigenvalue weighted by Crippen LogP contribution is 2.25. The molecule has 0 radical (unpaired) electrons. The number of hydrogen-bond acceptors (Lipinski definition) is 3. The van der Waals surface area contributed by atoms with Crippen LogP contribution in [0, 0.1) is 11.2 Å². The Morgan fingerprint density at radius 1 is 1.37 bits per heavy atom. The zero-order valence-corrected chi connectivity index (χ0v) is 11.4. The van der Waals surface area contributed by atoms with Crippen molar-refractivity contribution in [2.24, 2.45) is 5.41 Å². The molecule has 3 nitrogen and oxygen atoms in total. The minimum absolute atomic E-state index is 0.0792. The molecule has 2 rings (SSSR count). The molecule has 19 heavy (non-hydrogen) atoms. The number of halogens is 1. The van der Waals surface area contributed by atoms with E-state index in [1.54, 1.807) is 0 Å². The second kappa shape index (κ2) is 6.46. The largest absolute Gasteiger partial charge is 0.396 e. The van der Waals surface area contributed by atoms with E-state index in [9.17, 15) is 9.50 Å². The molecule has 1 saturated heterocycles. The monoisotopic (exact) mass is 267 g/mol. The second-order valence-corrected chi connectivity index (χ2v) is 5.60. The maximum Gasteiger partial charge on any atom is 0.123 e. The van der Waals surface area contributed by atoms with E-state index in [1.165, 1.54) is 12.1 Å². The number of aliphatic hydroxyl groups excluding tert-OH is 1. The van der Waals surface area contributed by atoms with Crippen molar-refractivity contribution in [2.75, 3.05) is 26.4 Å². The van der Waals surface area contributed by atoms with Crippen molar-refractivity contribution in [1.82, 2.24) is 5.32 Å². The first-order chi connectivity index (χ1) is 9.13. The fourth-order valence-electron chi connectivity index (χ4n) is 2.17. The van der Waals surface area contributed by atoms with E-state index in [-0.39, 0.29) is 17.8 Å². The van der Waals surface area contributed by atoms with Gasteiger partial charge < -0.3 is 15.2 Å². The Balaban J connectivity index is 1.69. The molecule has 1 heterocycles. The van der Waals surface area contributed by atoms with E-state index >= 15 is 0 Å². The molecule has 1 aliphatic heterocycles. The molecule has 2 N–H and O–H groups in total. The van der Waals surface area contributed by atoms with E-state index < -0.39 is 0 Å². The Morgan fingerprint density at radius 3 is 2.58 bits per heavy atom. The van der Waals surface area contributed by atoms with Gasteiger partial charge in [-0.15, -0.1) is 0 Å². The molecule has 0 aromatic heterocycles. The lowest BCUT2D eigenvalue weighted by atomic mass is 9.86. The molecule has 106 valence electrons. The molecule has 0 spiro atoms. The van der Waals surface area contributed by atoms with E-state index in [4.69, 9.17) is 4.74 Å². The summed E-state index contributed by atoms with van der Waals surface area (Å²) < 4.78 is 17.9. The van der Waals surface area contributed by atoms with E-state index in [1.807, 2.05) is 12.1 Å². The van der Waals surface area contributed by atoms with Gasteiger partial charge in [-0.3, -0.25) is 0 Å². The molecular weight excluding hydrogens is 245 g/mol. The van der Waals surface area contributed by atoms with Crippen molar-refractivity contribution in [1.29, 1.82) is 0 Å². The van der Waals surface area contributed by atoms with Crippen LogP contribution >= 0.6 is 0 Å². The van der Waals surface area contributed by atoms with Gasteiger partial charge in [-0.05, 0) is 37.5 Å². The Hall–Kier alpha value is -0.970. The molecular formula is C15H22FNO2. The van der Waals surface area contributed by atoms with E-state index in [2.05, 4.69) is 12.2 Å². The average molecular weight is 267 g/mol. The molecule has 0 aliphatic carbocycles. The first kappa shape index (κ1) is 14.4. The van der Waals surface area contributed by atoms with Crippen LogP contribution in [0.4, 0.5) is 4.39 Å². The van der Waals surface area contributed by atoms with Gasteiger partial charge in [0, 0.05) is 12.6 Å². The molecule has 1 aromatic rings. The van der Waals surface area contributed by atoms with Gasteiger partial charge in [-0.1, -0.05) is 12.1 Å². The summed E-state index contributed by atoms with van der Waals surface area (Å²) in [4.78, 5) is 0. The number of rotatable bonds is 7. The molecule has 0 bridgehead atoms. The zero-order valence-electron chi connectivity index (χ0n) is 11.4. The smallest absolute Gasteiger partial charge is 0.123 e. The zero-order chi connectivity index (χ0) is 13.7. The molecule has 0 saturated carbocycles. The third-order valence-corrected chi connectivity index (χ3v) is 3.76. The lowest BCUT2D eigenvalue weighted by molar-refractivity contribution is -0.135. The first-order valence-corrected chi connectivity index (χ1v) is 6.80. The van der Waals surface area contributed by atoms with Gasteiger partial charge in [-0.2, -0.15) is 0 Å². The van der Waals surface area contributed by atoms with Gasteiger partial charge in [0.25, 0.3) is 0 Å². The highest BCUT2D eigenvalue weighted by atomic mass is 19.1. The normalized spacial score (nSPS) is 18.9. The standard InChI is InChI=1S/C15H22FNO2/c1-12(17-8-15(9-18)10-19-11-15)2-3-13-4-6-14(16)7-5-13/h4-7,12,17-18H,2-3,8-11H2,1H3. The molecule has 4 heteroatoms. The van der Waals surface area contributed by atoms with Crippen LogP contribution in [0.3, 0.4) is 0 Å². The highest BCUT2D eigenvalue weighted by Gasteiger charge is 2.37. The topological polar surface area (TPSA) is 41.5 Å². The summed E-state index contributed by atoms with van der Waals surface area (Å²) in [5.41, 5.74) is 1.07. The first-order valence-electron chi connectivity index (χ1n) is 6.80. The molecule has 1 unspecified atom stereocenters. The van der Waals surface area contributed by atoms with Crippen LogP contribution in [0.1, 0.15) is 18.9 Å². The van der Waals surface area contributed by atoms with Crippen molar-refractivity contribution in [3.8, 4) is 0 Å². The van der Waals surface area contributed by atoms with Crippen molar-refractivity contribution < 1.29 is 14.2 Å². The van der Waals surface area contributed by atoms with Crippen LogP contribution in [0.2, 0.25) is 0 Å². The van der Waals surface area contributed by atoms with E-state index in [0.717, 1.165) is 24.9 Å². The van der Waals surface area contributed by atoms with Crippen LogP contribution < -0.4 is 5.32 Å². The minimum Gasteiger partial charge on any atom is -0.396 e. The summed E-state index contributed by atoms with van der Waals surface area (Å²) in [6.45, 7) is 4.37. The van der Waals surface area contributed by atoms with Crippen LogP contribution in [0.25, 0.3) is 0 Å². The maximum absolute atomic E-state index is 12.8. The molecule has 1 aromatic carbocycles. The Labute approximate surface area is 113 Å². The molecule has 1 aliphatic rings. The van der Waals surface area contributed by atoms with E-state index in [0.29, 0.717) is 19.3 Å². The van der Waals surface area contributed by atoms with Crippen molar-refractivity contribution in [3.63, 3.8) is 0 Å². The third kappa shape index (κ3) is 4.00. The fraction of sp³-hybridized carbons (Fsp3) is 0.600. The van der Waals surface area contributed by atoms with Crippen LogP contribution in [0.5, 0.6) is 0 Å². The van der Waals surface area contributed by atoms with Gasteiger partial charge in [-0.25, -0.2) is 4.39 Å². The van der Waals surface area contributed by atoms with Gasteiger partial charge in [0.1, 0.15) is 5.82 Å². The summed E-state index contributed by atoms with van der Waals surface area (Å²) >= 11 is 0. The Morgan fingerprint density at radius 2 is 2.05 bits per heavy atom. The van der Waals surface area contributed by atoms with Gasteiger partial charge in [0.05, 0.1) is 25.2 Å². The SMILES string of the molecule is CC(CCc1ccc(F)cc1)NCC1(CO)COC1.